The minimum atomic E-state index is -3.69. The highest BCUT2D eigenvalue weighted by molar-refractivity contribution is 7.89. The zero-order valence-electron chi connectivity index (χ0n) is 12.9. The summed E-state index contributed by atoms with van der Waals surface area (Å²) in [5.41, 5.74) is 1.64. The van der Waals surface area contributed by atoms with Gasteiger partial charge in [0.15, 0.2) is 0 Å². The Morgan fingerprint density at radius 3 is 2.52 bits per heavy atom. The molecule has 1 aromatic carbocycles. The van der Waals surface area contributed by atoms with Crippen molar-refractivity contribution in [2.75, 3.05) is 6.67 Å². The van der Waals surface area contributed by atoms with Gasteiger partial charge in [-0.05, 0) is 47.2 Å². The molecule has 0 radical (unpaired) electrons. The standard InChI is InChI=1S/C15H13N7O2S/c1-16-11-18-25(23,24)14-4-2-13(3-5-14)15-19-21-22(20-15)10-12-6-8-17-9-7-12/h2-9,18H,10-11H2. The van der Waals surface area contributed by atoms with Crippen LogP contribution in [0, 0.1) is 6.57 Å². The first-order chi connectivity index (χ1) is 12.1. The molecule has 1 N–H and O–H groups in total. The van der Waals surface area contributed by atoms with Gasteiger partial charge in [0.2, 0.25) is 15.8 Å². The van der Waals surface area contributed by atoms with E-state index in [9.17, 15) is 8.42 Å². The lowest BCUT2D eigenvalue weighted by molar-refractivity contribution is 0.572. The van der Waals surface area contributed by atoms with Crippen LogP contribution in [-0.4, -0.2) is 40.3 Å². The maximum atomic E-state index is 11.9. The second kappa shape index (κ2) is 7.16. The van der Waals surface area contributed by atoms with E-state index in [4.69, 9.17) is 6.57 Å². The molecule has 0 aliphatic heterocycles. The normalized spacial score (nSPS) is 11.2. The number of nitrogens with zero attached hydrogens (tertiary/aromatic N) is 6. The van der Waals surface area contributed by atoms with E-state index >= 15 is 0 Å². The number of hydrogen-bond donors (Lipinski definition) is 1. The second-order valence-corrected chi connectivity index (χ2v) is 6.75. The monoisotopic (exact) mass is 355 g/mol. The Bertz CT molecular complexity index is 992. The molecule has 25 heavy (non-hydrogen) atoms. The topological polar surface area (TPSA) is 107 Å². The highest BCUT2D eigenvalue weighted by Gasteiger charge is 2.15. The lowest BCUT2D eigenvalue weighted by Crippen LogP contribution is -2.22. The van der Waals surface area contributed by atoms with Gasteiger partial charge in [-0.3, -0.25) is 9.83 Å². The third-order valence-corrected chi connectivity index (χ3v) is 4.68. The van der Waals surface area contributed by atoms with Crippen LogP contribution in [0.4, 0.5) is 0 Å². The number of tetrazole rings is 1. The average Bonchev–Trinajstić information content (AvgIpc) is 3.09. The highest BCUT2D eigenvalue weighted by Crippen LogP contribution is 2.17. The number of rotatable bonds is 6. The van der Waals surface area contributed by atoms with Crippen molar-refractivity contribution in [3.63, 3.8) is 0 Å². The number of hydrogen-bond acceptors (Lipinski definition) is 6. The molecule has 9 nitrogen and oxygen atoms in total. The molecule has 126 valence electrons. The van der Waals surface area contributed by atoms with E-state index in [0.29, 0.717) is 17.9 Å². The van der Waals surface area contributed by atoms with Crippen LogP contribution in [0.2, 0.25) is 0 Å². The van der Waals surface area contributed by atoms with E-state index in [2.05, 4.69) is 30.0 Å². The van der Waals surface area contributed by atoms with Crippen molar-refractivity contribution < 1.29 is 8.42 Å². The molecule has 2 aromatic heterocycles. The minimum Gasteiger partial charge on any atom is -0.299 e. The molecule has 0 unspecified atom stereocenters. The lowest BCUT2D eigenvalue weighted by Gasteiger charge is -2.02. The molecule has 10 heteroatoms. The van der Waals surface area contributed by atoms with Crippen molar-refractivity contribution in [2.24, 2.45) is 0 Å². The fraction of sp³-hybridized carbons (Fsp3) is 0.133. The fourth-order valence-electron chi connectivity index (χ4n) is 2.06. The van der Waals surface area contributed by atoms with Gasteiger partial charge in [0.05, 0.1) is 11.4 Å². The van der Waals surface area contributed by atoms with Crippen molar-refractivity contribution in [3.05, 3.63) is 65.8 Å². The van der Waals surface area contributed by atoms with Crippen molar-refractivity contribution in [3.8, 4) is 11.4 Å². The summed E-state index contributed by atoms with van der Waals surface area (Å²) in [5.74, 6) is 0.395. The van der Waals surface area contributed by atoms with E-state index < -0.39 is 10.0 Å². The Balaban J connectivity index is 1.76. The van der Waals surface area contributed by atoms with Crippen LogP contribution in [0.5, 0.6) is 0 Å². The van der Waals surface area contributed by atoms with Crippen molar-refractivity contribution in [1.29, 1.82) is 0 Å². The van der Waals surface area contributed by atoms with Gasteiger partial charge in [0, 0.05) is 18.0 Å². The summed E-state index contributed by atoms with van der Waals surface area (Å²) in [7, 11) is -3.69. The smallest absolute Gasteiger partial charge is 0.280 e. The third kappa shape index (κ3) is 4.03. The summed E-state index contributed by atoms with van der Waals surface area (Å²) in [6, 6.07) is 9.79. The molecule has 0 saturated heterocycles. The van der Waals surface area contributed by atoms with Crippen LogP contribution in [0.15, 0.2) is 53.7 Å². The van der Waals surface area contributed by atoms with Crippen molar-refractivity contribution in [2.45, 2.75) is 11.4 Å². The first-order valence-corrected chi connectivity index (χ1v) is 8.67. The van der Waals surface area contributed by atoms with Crippen LogP contribution < -0.4 is 4.72 Å². The molecule has 0 amide bonds. The Morgan fingerprint density at radius 2 is 1.84 bits per heavy atom. The summed E-state index contributed by atoms with van der Waals surface area (Å²) in [4.78, 5) is 8.45. The highest BCUT2D eigenvalue weighted by atomic mass is 32.2. The van der Waals surface area contributed by atoms with E-state index in [0.717, 1.165) is 5.56 Å². The third-order valence-electron chi connectivity index (χ3n) is 3.28. The number of benzene rings is 1. The molecule has 3 rings (SSSR count). The lowest BCUT2D eigenvalue weighted by atomic mass is 10.2. The molecule has 0 fully saturated rings. The average molecular weight is 355 g/mol. The van der Waals surface area contributed by atoms with Gasteiger partial charge in [-0.2, -0.15) is 4.80 Å². The summed E-state index contributed by atoms with van der Waals surface area (Å²) < 4.78 is 26.1. The maximum Gasteiger partial charge on any atom is 0.280 e. The van der Waals surface area contributed by atoms with Crippen molar-refractivity contribution in [1.82, 2.24) is 29.9 Å². The number of nitrogens with one attached hydrogen (secondary N) is 1. The second-order valence-electron chi connectivity index (χ2n) is 4.99. The molecule has 2 heterocycles. The van der Waals surface area contributed by atoms with Crippen LogP contribution in [0.25, 0.3) is 16.2 Å². The van der Waals surface area contributed by atoms with E-state index in [1.165, 1.54) is 16.9 Å². The van der Waals surface area contributed by atoms with Crippen LogP contribution in [0.1, 0.15) is 5.56 Å². The summed E-state index contributed by atoms with van der Waals surface area (Å²) in [5, 5.41) is 12.3. The van der Waals surface area contributed by atoms with Gasteiger partial charge in [-0.15, -0.1) is 14.9 Å². The van der Waals surface area contributed by atoms with Crippen LogP contribution in [-0.2, 0) is 16.6 Å². The molecule has 3 aromatic rings. The molecular formula is C15H13N7O2S. The molecule has 0 bridgehead atoms. The zero-order chi connectivity index (χ0) is 17.7. The number of pyridine rings is 1. The van der Waals surface area contributed by atoms with E-state index in [-0.39, 0.29) is 11.6 Å². The first kappa shape index (κ1) is 16.7. The Labute approximate surface area is 144 Å². The van der Waals surface area contributed by atoms with Crippen LogP contribution in [0.3, 0.4) is 0 Å². The van der Waals surface area contributed by atoms with Crippen molar-refractivity contribution >= 4 is 10.0 Å². The summed E-state index contributed by atoms with van der Waals surface area (Å²) >= 11 is 0. The van der Waals surface area contributed by atoms with Gasteiger partial charge in [0.1, 0.15) is 0 Å². The molecule has 0 aliphatic rings. The molecule has 0 atom stereocenters. The quantitative estimate of drug-likeness (QED) is 0.660. The first-order valence-electron chi connectivity index (χ1n) is 7.18. The number of sulfonamides is 1. The van der Waals surface area contributed by atoms with Gasteiger partial charge < -0.3 is 0 Å². The molecule has 0 saturated carbocycles. The zero-order valence-corrected chi connectivity index (χ0v) is 13.8. The van der Waals surface area contributed by atoms with Gasteiger partial charge in [-0.25, -0.2) is 15.0 Å². The summed E-state index contributed by atoms with van der Waals surface area (Å²) in [6.07, 6.45) is 3.38. The van der Waals surface area contributed by atoms with Gasteiger partial charge >= 0.3 is 0 Å². The predicted molar refractivity (Wildman–Crippen MR) is 88.4 cm³/mol. The van der Waals surface area contributed by atoms with E-state index in [1.54, 1.807) is 24.5 Å². The molecular weight excluding hydrogens is 342 g/mol. The van der Waals surface area contributed by atoms with Gasteiger partial charge in [-0.1, -0.05) is 0 Å². The largest absolute Gasteiger partial charge is 0.299 e. The SMILES string of the molecule is [C-]#[N+]CNS(=O)(=O)c1ccc(-c2nnn(Cc3ccncc3)n2)cc1. The predicted octanol–water partition coefficient (Wildman–Crippen LogP) is 0.938. The Morgan fingerprint density at radius 1 is 1.12 bits per heavy atom. The van der Waals surface area contributed by atoms with Gasteiger partial charge in [0.25, 0.3) is 6.67 Å². The minimum absolute atomic E-state index is 0.0732. The van der Waals surface area contributed by atoms with Crippen LogP contribution >= 0.6 is 0 Å². The Hall–Kier alpha value is -3.16. The van der Waals surface area contributed by atoms with E-state index in [1.807, 2.05) is 12.1 Å². The summed E-state index contributed by atoms with van der Waals surface area (Å²) in [6.45, 7) is 6.81. The maximum absolute atomic E-state index is 11.9. The fourth-order valence-corrected chi connectivity index (χ4v) is 2.96. The Kier molecular flexibility index (Phi) is 4.78. The number of aromatic nitrogens is 5. The molecule has 0 spiro atoms. The molecule has 0 aliphatic carbocycles.